The summed E-state index contributed by atoms with van der Waals surface area (Å²) in [4.78, 5) is 9.35. The summed E-state index contributed by atoms with van der Waals surface area (Å²) in [5.74, 6) is 2.00. The molecular formula is C14H20ClIN2. The molecule has 1 saturated carbocycles. The van der Waals surface area contributed by atoms with E-state index in [4.69, 9.17) is 16.6 Å². The lowest BCUT2D eigenvalue weighted by Crippen LogP contribution is -2.10. The molecule has 2 nitrogen and oxygen atoms in total. The van der Waals surface area contributed by atoms with Crippen LogP contribution in [0, 0.1) is 3.57 Å². The van der Waals surface area contributed by atoms with Crippen molar-refractivity contribution in [3.8, 4) is 0 Å². The molecule has 0 amide bonds. The van der Waals surface area contributed by atoms with E-state index >= 15 is 0 Å². The smallest absolute Gasteiger partial charge is 0.146 e. The van der Waals surface area contributed by atoms with Crippen molar-refractivity contribution >= 4 is 34.2 Å². The lowest BCUT2D eigenvalue weighted by atomic mass is 10.0. The van der Waals surface area contributed by atoms with Crippen molar-refractivity contribution in [2.45, 2.75) is 64.2 Å². The van der Waals surface area contributed by atoms with Crippen LogP contribution in [0.2, 0.25) is 5.15 Å². The second-order valence-electron chi connectivity index (χ2n) is 5.07. The maximum absolute atomic E-state index is 6.30. The van der Waals surface area contributed by atoms with Crippen LogP contribution in [0.3, 0.4) is 0 Å². The number of halogens is 2. The summed E-state index contributed by atoms with van der Waals surface area (Å²) in [6.45, 7) is 4.39. The van der Waals surface area contributed by atoms with Crippen LogP contribution >= 0.6 is 34.2 Å². The monoisotopic (exact) mass is 378 g/mol. The first-order chi connectivity index (χ1) is 8.67. The average Bonchev–Trinajstić information content (AvgIpc) is 2.88. The molecule has 1 fully saturated rings. The first kappa shape index (κ1) is 14.5. The number of rotatable bonds is 4. The molecule has 0 aromatic carbocycles. The minimum atomic E-state index is 0.444. The number of aromatic nitrogens is 2. The maximum Gasteiger partial charge on any atom is 0.146 e. The van der Waals surface area contributed by atoms with E-state index in [0.29, 0.717) is 17.0 Å². The van der Waals surface area contributed by atoms with Gasteiger partial charge in [0.25, 0.3) is 0 Å². The van der Waals surface area contributed by atoms with Crippen molar-refractivity contribution in [1.29, 1.82) is 0 Å². The van der Waals surface area contributed by atoms with E-state index in [0.717, 1.165) is 22.2 Å². The fourth-order valence-electron chi connectivity index (χ4n) is 2.76. The zero-order valence-electron chi connectivity index (χ0n) is 11.0. The summed E-state index contributed by atoms with van der Waals surface area (Å²) in [5.41, 5.74) is 1.20. The zero-order valence-corrected chi connectivity index (χ0v) is 14.0. The van der Waals surface area contributed by atoms with Crippen LogP contribution in [0.1, 0.15) is 75.7 Å². The van der Waals surface area contributed by atoms with Gasteiger partial charge < -0.3 is 0 Å². The molecule has 0 N–H and O–H groups in total. The molecule has 0 bridgehead atoms. The SMILES string of the molecule is CCC(CC)c1nc(Cl)c(I)c(C2CCCC2)n1. The first-order valence-corrected chi connectivity index (χ1v) is 8.35. The third-order valence-corrected chi connectivity index (χ3v) is 5.60. The fourth-order valence-corrected chi connectivity index (χ4v) is 3.62. The normalized spacial score (nSPS) is 16.7. The highest BCUT2D eigenvalue weighted by Gasteiger charge is 2.24. The number of hydrogen-bond acceptors (Lipinski definition) is 2. The Hall–Kier alpha value is 0.1000. The van der Waals surface area contributed by atoms with Crippen molar-refractivity contribution in [3.05, 3.63) is 20.2 Å². The summed E-state index contributed by atoms with van der Waals surface area (Å²) in [5, 5.41) is 0.648. The second-order valence-corrected chi connectivity index (χ2v) is 6.50. The van der Waals surface area contributed by atoms with E-state index in [9.17, 15) is 0 Å². The van der Waals surface area contributed by atoms with Crippen molar-refractivity contribution in [2.75, 3.05) is 0 Å². The maximum atomic E-state index is 6.30. The Labute approximate surface area is 128 Å². The van der Waals surface area contributed by atoms with Crippen LogP contribution in [0.4, 0.5) is 0 Å². The molecule has 0 spiro atoms. The minimum Gasteiger partial charge on any atom is -0.236 e. The molecule has 4 heteroatoms. The molecule has 0 radical (unpaired) electrons. The Bertz CT molecular complexity index is 413. The molecule has 1 aliphatic rings. The summed E-state index contributed by atoms with van der Waals surface area (Å²) in [6.07, 6.45) is 7.32. The average molecular weight is 379 g/mol. The second kappa shape index (κ2) is 6.51. The lowest BCUT2D eigenvalue weighted by Gasteiger charge is -2.17. The molecule has 1 aromatic heterocycles. The predicted octanol–water partition coefficient (Wildman–Crippen LogP) is 5.30. The highest BCUT2D eigenvalue weighted by molar-refractivity contribution is 14.1. The van der Waals surface area contributed by atoms with Gasteiger partial charge in [0.05, 0.1) is 9.26 Å². The van der Waals surface area contributed by atoms with Crippen molar-refractivity contribution in [2.24, 2.45) is 0 Å². The molecule has 0 atom stereocenters. The van der Waals surface area contributed by atoms with Crippen molar-refractivity contribution < 1.29 is 0 Å². The third kappa shape index (κ3) is 2.98. The molecule has 1 aliphatic carbocycles. The summed E-state index contributed by atoms with van der Waals surface area (Å²) >= 11 is 8.60. The Balaban J connectivity index is 2.38. The van der Waals surface area contributed by atoms with Gasteiger partial charge in [-0.25, -0.2) is 9.97 Å². The van der Waals surface area contributed by atoms with Gasteiger partial charge in [0.2, 0.25) is 0 Å². The minimum absolute atomic E-state index is 0.444. The van der Waals surface area contributed by atoms with Gasteiger partial charge >= 0.3 is 0 Å². The molecule has 0 unspecified atom stereocenters. The van der Waals surface area contributed by atoms with Gasteiger partial charge in [-0.15, -0.1) is 0 Å². The lowest BCUT2D eigenvalue weighted by molar-refractivity contribution is 0.585. The van der Waals surface area contributed by atoms with Crippen molar-refractivity contribution in [1.82, 2.24) is 9.97 Å². The molecule has 1 heterocycles. The van der Waals surface area contributed by atoms with Gasteiger partial charge in [0, 0.05) is 11.8 Å². The van der Waals surface area contributed by atoms with Gasteiger partial charge in [0.15, 0.2) is 0 Å². The molecule has 100 valence electrons. The Morgan fingerprint density at radius 3 is 2.39 bits per heavy atom. The van der Waals surface area contributed by atoms with E-state index in [1.54, 1.807) is 0 Å². The van der Waals surface area contributed by atoms with Gasteiger partial charge in [-0.3, -0.25) is 0 Å². The van der Waals surface area contributed by atoms with Crippen LogP contribution in [0.25, 0.3) is 0 Å². The van der Waals surface area contributed by atoms with Crippen LogP contribution in [0.15, 0.2) is 0 Å². The zero-order chi connectivity index (χ0) is 13.1. The van der Waals surface area contributed by atoms with E-state index in [-0.39, 0.29) is 0 Å². The van der Waals surface area contributed by atoms with Crippen molar-refractivity contribution in [3.63, 3.8) is 0 Å². The van der Waals surface area contributed by atoms with Gasteiger partial charge in [-0.1, -0.05) is 38.3 Å². The van der Waals surface area contributed by atoms with E-state index in [1.165, 1.54) is 31.4 Å². The molecule has 1 aromatic rings. The quantitative estimate of drug-likeness (QED) is 0.525. The Morgan fingerprint density at radius 2 is 1.83 bits per heavy atom. The van der Waals surface area contributed by atoms with E-state index in [1.807, 2.05) is 0 Å². The third-order valence-electron chi connectivity index (χ3n) is 3.95. The largest absolute Gasteiger partial charge is 0.236 e. The van der Waals surface area contributed by atoms with E-state index < -0.39 is 0 Å². The number of nitrogens with zero attached hydrogens (tertiary/aromatic N) is 2. The molecule has 0 aliphatic heterocycles. The summed E-state index contributed by atoms with van der Waals surface area (Å²) < 4.78 is 1.07. The first-order valence-electron chi connectivity index (χ1n) is 6.90. The van der Waals surface area contributed by atoms with Gasteiger partial charge in [0.1, 0.15) is 11.0 Å². The Morgan fingerprint density at radius 1 is 1.22 bits per heavy atom. The number of hydrogen-bond donors (Lipinski definition) is 0. The highest BCUT2D eigenvalue weighted by atomic mass is 127. The van der Waals surface area contributed by atoms with Crippen LogP contribution in [0.5, 0.6) is 0 Å². The fraction of sp³-hybridized carbons (Fsp3) is 0.714. The Kier molecular flexibility index (Phi) is 5.24. The van der Waals surface area contributed by atoms with Gasteiger partial charge in [-0.05, 0) is 48.3 Å². The van der Waals surface area contributed by atoms with Crippen LogP contribution in [-0.2, 0) is 0 Å². The topological polar surface area (TPSA) is 25.8 Å². The van der Waals surface area contributed by atoms with Crippen LogP contribution < -0.4 is 0 Å². The predicted molar refractivity (Wildman–Crippen MR) is 84.3 cm³/mol. The molecule has 2 rings (SSSR count). The van der Waals surface area contributed by atoms with E-state index in [2.05, 4.69) is 41.4 Å². The standard InChI is InChI=1S/C14H20ClIN2/c1-3-9(4-2)14-17-12(10-7-5-6-8-10)11(16)13(15)18-14/h9-10H,3-8H2,1-2H3. The highest BCUT2D eigenvalue weighted by Crippen LogP contribution is 2.37. The molecular weight excluding hydrogens is 359 g/mol. The summed E-state index contributed by atoms with van der Waals surface area (Å²) in [7, 11) is 0. The molecule has 18 heavy (non-hydrogen) atoms. The van der Waals surface area contributed by atoms with Crippen LogP contribution in [-0.4, -0.2) is 9.97 Å². The van der Waals surface area contributed by atoms with Gasteiger partial charge in [-0.2, -0.15) is 0 Å². The summed E-state index contributed by atoms with van der Waals surface area (Å²) in [6, 6.07) is 0. The molecule has 0 saturated heterocycles.